The van der Waals surface area contributed by atoms with Crippen LogP contribution in [0.3, 0.4) is 0 Å². The molecule has 1 aliphatic rings. The SMILES string of the molecule is CCOC(=O)c1c(NC(=O)[C@H](C)Sc2nnc(NC(=O)C(C)(C)C)s2)sc2c1CCCC2. The summed E-state index contributed by atoms with van der Waals surface area (Å²) in [4.78, 5) is 38.7. The van der Waals surface area contributed by atoms with Crippen LogP contribution in [0.25, 0.3) is 0 Å². The highest BCUT2D eigenvalue weighted by atomic mass is 32.2. The van der Waals surface area contributed by atoms with Gasteiger partial charge >= 0.3 is 5.97 Å². The summed E-state index contributed by atoms with van der Waals surface area (Å²) in [6.45, 7) is 9.28. The summed E-state index contributed by atoms with van der Waals surface area (Å²) in [6, 6.07) is 0. The third kappa shape index (κ3) is 5.87. The Morgan fingerprint density at radius 2 is 1.84 bits per heavy atom. The lowest BCUT2D eigenvalue weighted by Crippen LogP contribution is -2.27. The van der Waals surface area contributed by atoms with Crippen molar-refractivity contribution in [2.45, 2.75) is 69.9 Å². The quantitative estimate of drug-likeness (QED) is 0.323. The van der Waals surface area contributed by atoms with E-state index in [0.717, 1.165) is 36.1 Å². The van der Waals surface area contributed by atoms with Crippen molar-refractivity contribution < 1.29 is 19.1 Å². The van der Waals surface area contributed by atoms with Crippen molar-refractivity contribution in [2.24, 2.45) is 5.41 Å². The number of thiophene rings is 1. The Hall–Kier alpha value is -1.98. The average Bonchev–Trinajstić information content (AvgIpc) is 3.30. The number of ether oxygens (including phenoxy) is 1. The van der Waals surface area contributed by atoms with Crippen LogP contribution in [0.5, 0.6) is 0 Å². The predicted octanol–water partition coefficient (Wildman–Crippen LogP) is 4.76. The summed E-state index contributed by atoms with van der Waals surface area (Å²) >= 11 is 3.95. The summed E-state index contributed by atoms with van der Waals surface area (Å²) < 4.78 is 5.83. The van der Waals surface area contributed by atoms with Crippen molar-refractivity contribution in [1.82, 2.24) is 10.2 Å². The molecule has 0 spiro atoms. The standard InChI is InChI=1S/C21H28N4O4S3/c1-6-29-17(27)14-12-9-7-8-10-13(12)31-16(14)22-15(26)11(2)30-20-25-24-19(32-20)23-18(28)21(3,4)5/h11H,6-10H2,1-5H3,(H,22,26)(H,23,24,28)/t11-/m0/s1. The zero-order chi connectivity index (χ0) is 23.5. The summed E-state index contributed by atoms with van der Waals surface area (Å²) in [6.07, 6.45) is 3.86. The van der Waals surface area contributed by atoms with Gasteiger partial charge in [-0.1, -0.05) is 43.9 Å². The van der Waals surface area contributed by atoms with Crippen molar-refractivity contribution in [3.63, 3.8) is 0 Å². The fourth-order valence-electron chi connectivity index (χ4n) is 3.08. The molecule has 0 aliphatic heterocycles. The Kier molecular flexibility index (Phi) is 7.94. The van der Waals surface area contributed by atoms with Gasteiger partial charge in [-0.05, 0) is 45.1 Å². The average molecular weight is 497 g/mol. The van der Waals surface area contributed by atoms with Gasteiger partial charge in [0.25, 0.3) is 0 Å². The van der Waals surface area contributed by atoms with Crippen LogP contribution >= 0.6 is 34.4 Å². The van der Waals surface area contributed by atoms with Gasteiger partial charge in [-0.3, -0.25) is 9.59 Å². The maximum atomic E-state index is 12.9. The van der Waals surface area contributed by atoms with E-state index >= 15 is 0 Å². The molecule has 1 atom stereocenters. The molecule has 2 N–H and O–H groups in total. The lowest BCUT2D eigenvalue weighted by Gasteiger charge is -2.15. The van der Waals surface area contributed by atoms with E-state index in [4.69, 9.17) is 4.74 Å². The fraction of sp³-hybridized carbons (Fsp3) is 0.571. The monoisotopic (exact) mass is 496 g/mol. The molecule has 0 saturated carbocycles. The van der Waals surface area contributed by atoms with Crippen molar-refractivity contribution in [1.29, 1.82) is 0 Å². The van der Waals surface area contributed by atoms with Crippen LogP contribution in [0.2, 0.25) is 0 Å². The molecule has 0 saturated heterocycles. The van der Waals surface area contributed by atoms with Crippen LogP contribution in [0.1, 0.15) is 68.3 Å². The Morgan fingerprint density at radius 1 is 1.12 bits per heavy atom. The minimum atomic E-state index is -0.539. The second kappa shape index (κ2) is 10.3. The largest absolute Gasteiger partial charge is 0.462 e. The molecule has 174 valence electrons. The number of aryl methyl sites for hydroxylation is 1. The molecule has 32 heavy (non-hydrogen) atoms. The molecule has 2 aromatic heterocycles. The minimum Gasteiger partial charge on any atom is -0.462 e. The Bertz CT molecular complexity index is 1010. The Balaban J connectivity index is 1.68. The number of amides is 2. The summed E-state index contributed by atoms with van der Waals surface area (Å²) in [7, 11) is 0. The molecule has 11 heteroatoms. The zero-order valence-electron chi connectivity index (χ0n) is 18.9. The number of aromatic nitrogens is 2. The highest BCUT2D eigenvalue weighted by Gasteiger charge is 2.29. The van der Waals surface area contributed by atoms with Gasteiger partial charge in [0.05, 0.1) is 17.4 Å². The van der Waals surface area contributed by atoms with E-state index in [1.807, 2.05) is 20.8 Å². The minimum absolute atomic E-state index is 0.149. The third-order valence-electron chi connectivity index (χ3n) is 4.84. The second-order valence-electron chi connectivity index (χ2n) is 8.46. The molecule has 0 unspecified atom stereocenters. The molecule has 2 aromatic rings. The van der Waals surface area contributed by atoms with Gasteiger partial charge in [0.1, 0.15) is 5.00 Å². The van der Waals surface area contributed by atoms with Crippen molar-refractivity contribution in [3.8, 4) is 0 Å². The first-order valence-corrected chi connectivity index (χ1v) is 13.1. The number of nitrogens with zero attached hydrogens (tertiary/aromatic N) is 2. The van der Waals surface area contributed by atoms with Crippen LogP contribution < -0.4 is 10.6 Å². The molecular weight excluding hydrogens is 468 g/mol. The lowest BCUT2D eigenvalue weighted by atomic mass is 9.95. The maximum Gasteiger partial charge on any atom is 0.341 e. The number of hydrogen-bond acceptors (Lipinski definition) is 9. The van der Waals surface area contributed by atoms with Crippen LogP contribution in [-0.2, 0) is 27.2 Å². The zero-order valence-corrected chi connectivity index (χ0v) is 21.3. The van der Waals surface area contributed by atoms with Crippen LogP contribution in [0.15, 0.2) is 4.34 Å². The summed E-state index contributed by atoms with van der Waals surface area (Å²) in [5.41, 5.74) is 0.974. The molecule has 0 bridgehead atoms. The van der Waals surface area contributed by atoms with Crippen molar-refractivity contribution in [3.05, 3.63) is 16.0 Å². The normalized spacial score (nSPS) is 14.4. The first-order chi connectivity index (χ1) is 15.1. The number of thioether (sulfide) groups is 1. The van der Waals surface area contributed by atoms with E-state index in [2.05, 4.69) is 20.8 Å². The number of hydrogen-bond donors (Lipinski definition) is 2. The second-order valence-corrected chi connectivity index (χ2v) is 12.1. The molecule has 1 aliphatic carbocycles. The number of esters is 1. The fourth-order valence-corrected chi connectivity index (χ4v) is 6.26. The van der Waals surface area contributed by atoms with E-state index in [1.54, 1.807) is 13.8 Å². The number of carbonyl (C=O) groups excluding carboxylic acids is 3. The molecule has 0 aromatic carbocycles. The Morgan fingerprint density at radius 3 is 2.53 bits per heavy atom. The van der Waals surface area contributed by atoms with E-state index in [9.17, 15) is 14.4 Å². The summed E-state index contributed by atoms with van der Waals surface area (Å²) in [5, 5.41) is 14.2. The first-order valence-electron chi connectivity index (χ1n) is 10.5. The van der Waals surface area contributed by atoms with E-state index in [1.165, 1.54) is 34.4 Å². The van der Waals surface area contributed by atoms with Gasteiger partial charge in [0.2, 0.25) is 16.9 Å². The van der Waals surface area contributed by atoms with E-state index in [0.29, 0.717) is 20.0 Å². The molecular formula is C21H28N4O4S3. The molecule has 8 nitrogen and oxygen atoms in total. The van der Waals surface area contributed by atoms with Gasteiger partial charge in [-0.25, -0.2) is 4.79 Å². The Labute approximate surface area is 199 Å². The predicted molar refractivity (Wildman–Crippen MR) is 129 cm³/mol. The van der Waals surface area contributed by atoms with Gasteiger partial charge in [-0.15, -0.1) is 21.5 Å². The van der Waals surface area contributed by atoms with Crippen molar-refractivity contribution in [2.75, 3.05) is 17.2 Å². The maximum absolute atomic E-state index is 12.9. The number of fused-ring (bicyclic) bond motifs is 1. The number of anilines is 2. The molecule has 3 rings (SSSR count). The summed E-state index contributed by atoms with van der Waals surface area (Å²) in [5.74, 6) is -0.760. The smallest absolute Gasteiger partial charge is 0.341 e. The lowest BCUT2D eigenvalue weighted by molar-refractivity contribution is -0.123. The highest BCUT2D eigenvalue weighted by Crippen LogP contribution is 2.39. The van der Waals surface area contributed by atoms with Gasteiger partial charge in [0, 0.05) is 10.3 Å². The third-order valence-corrected chi connectivity index (χ3v) is 8.07. The first kappa shape index (κ1) is 24.7. The van der Waals surface area contributed by atoms with Gasteiger partial charge < -0.3 is 15.4 Å². The van der Waals surface area contributed by atoms with Gasteiger partial charge in [0.15, 0.2) is 4.34 Å². The van der Waals surface area contributed by atoms with Crippen molar-refractivity contribution >= 4 is 62.4 Å². The molecule has 2 heterocycles. The number of carbonyl (C=O) groups is 3. The van der Waals surface area contributed by atoms with Crippen LogP contribution in [0.4, 0.5) is 10.1 Å². The van der Waals surface area contributed by atoms with Crippen LogP contribution in [0, 0.1) is 5.41 Å². The number of nitrogens with one attached hydrogen (secondary N) is 2. The van der Waals surface area contributed by atoms with E-state index < -0.39 is 10.7 Å². The molecule has 2 amide bonds. The molecule has 0 radical (unpaired) electrons. The van der Waals surface area contributed by atoms with Gasteiger partial charge in [-0.2, -0.15) is 0 Å². The van der Waals surface area contributed by atoms with Crippen LogP contribution in [-0.4, -0.2) is 39.8 Å². The van der Waals surface area contributed by atoms with E-state index in [-0.39, 0.29) is 24.4 Å². The molecule has 0 fully saturated rings. The topological polar surface area (TPSA) is 110 Å². The highest BCUT2D eigenvalue weighted by molar-refractivity contribution is 8.02. The number of rotatable bonds is 7.